The van der Waals surface area contributed by atoms with E-state index in [9.17, 15) is 12.8 Å². The molecule has 0 N–H and O–H groups in total. The normalized spacial score (nSPS) is 11.6. The van der Waals surface area contributed by atoms with Crippen LogP contribution in [0.1, 0.15) is 32.3 Å². The molecule has 2 aromatic rings. The third kappa shape index (κ3) is 3.53. The molecule has 4 nitrogen and oxygen atoms in total. The van der Waals surface area contributed by atoms with Crippen molar-refractivity contribution in [3.63, 3.8) is 0 Å². The van der Waals surface area contributed by atoms with Gasteiger partial charge in [0.05, 0.1) is 17.7 Å². The largest absolute Gasteiger partial charge is 0.494 e. The van der Waals surface area contributed by atoms with Gasteiger partial charge in [0.1, 0.15) is 0 Å². The van der Waals surface area contributed by atoms with E-state index >= 15 is 0 Å². The van der Waals surface area contributed by atoms with Gasteiger partial charge in [0.2, 0.25) is 0 Å². The molecule has 0 aliphatic rings. The molecule has 6 heteroatoms. The minimum absolute atomic E-state index is 0.0123. The first-order chi connectivity index (χ1) is 11.3. The smallest absolute Gasteiger partial charge is 0.264 e. The van der Waals surface area contributed by atoms with Crippen LogP contribution in [0.25, 0.3) is 0 Å². The Morgan fingerprint density at radius 2 is 1.75 bits per heavy atom. The van der Waals surface area contributed by atoms with E-state index in [0.717, 1.165) is 11.6 Å². The van der Waals surface area contributed by atoms with Crippen molar-refractivity contribution in [1.82, 2.24) is 0 Å². The minimum Gasteiger partial charge on any atom is -0.494 e. The Morgan fingerprint density at radius 1 is 1.12 bits per heavy atom. The number of benzene rings is 2. The number of hydrogen-bond donors (Lipinski definition) is 0. The molecular weight excluding hydrogens is 329 g/mol. The van der Waals surface area contributed by atoms with Gasteiger partial charge in [0, 0.05) is 6.54 Å². The van der Waals surface area contributed by atoms with Crippen molar-refractivity contribution in [2.75, 3.05) is 18.0 Å². The van der Waals surface area contributed by atoms with E-state index in [1.165, 1.54) is 23.5 Å². The number of rotatable bonds is 6. The maximum Gasteiger partial charge on any atom is 0.264 e. The van der Waals surface area contributed by atoms with Crippen LogP contribution >= 0.6 is 0 Å². The molecule has 0 heterocycles. The SMILES string of the molecule is CCN(c1ccc(C(C)C)cc1)S(=O)(=O)c1ccc(OC)c(F)c1. The van der Waals surface area contributed by atoms with Crippen LogP contribution < -0.4 is 9.04 Å². The number of ether oxygens (including phenoxy) is 1. The number of hydrogen-bond acceptors (Lipinski definition) is 3. The van der Waals surface area contributed by atoms with Gasteiger partial charge in [0.25, 0.3) is 10.0 Å². The molecule has 130 valence electrons. The predicted octanol–water partition coefficient (Wildman–Crippen LogP) is 4.17. The number of halogens is 1. The molecule has 0 aliphatic carbocycles. The van der Waals surface area contributed by atoms with Crippen molar-refractivity contribution in [2.24, 2.45) is 0 Å². The Bertz CT molecular complexity index is 802. The molecule has 0 amide bonds. The first-order valence-corrected chi connectivity index (χ1v) is 9.21. The third-order valence-electron chi connectivity index (χ3n) is 3.85. The summed E-state index contributed by atoms with van der Waals surface area (Å²) in [4.78, 5) is -0.101. The number of nitrogens with zero attached hydrogens (tertiary/aromatic N) is 1. The molecule has 0 aliphatic heterocycles. The average molecular weight is 351 g/mol. The molecule has 0 saturated carbocycles. The fourth-order valence-corrected chi connectivity index (χ4v) is 3.94. The highest BCUT2D eigenvalue weighted by molar-refractivity contribution is 7.92. The van der Waals surface area contributed by atoms with Crippen molar-refractivity contribution in [3.8, 4) is 5.75 Å². The van der Waals surface area contributed by atoms with Crippen molar-refractivity contribution in [3.05, 3.63) is 53.8 Å². The summed E-state index contributed by atoms with van der Waals surface area (Å²) in [6, 6.07) is 11.0. The van der Waals surface area contributed by atoms with Gasteiger partial charge in [-0.3, -0.25) is 4.31 Å². The topological polar surface area (TPSA) is 46.6 Å². The van der Waals surface area contributed by atoms with Gasteiger partial charge in [-0.2, -0.15) is 0 Å². The van der Waals surface area contributed by atoms with Crippen LogP contribution in [-0.2, 0) is 10.0 Å². The van der Waals surface area contributed by atoms with E-state index < -0.39 is 15.8 Å². The van der Waals surface area contributed by atoms with Gasteiger partial charge >= 0.3 is 0 Å². The molecular formula is C18H22FNO3S. The van der Waals surface area contributed by atoms with E-state index in [1.54, 1.807) is 19.1 Å². The van der Waals surface area contributed by atoms with Crippen LogP contribution in [0.15, 0.2) is 47.4 Å². The van der Waals surface area contributed by atoms with E-state index in [4.69, 9.17) is 4.74 Å². The van der Waals surface area contributed by atoms with Crippen LogP contribution in [0.3, 0.4) is 0 Å². The van der Waals surface area contributed by atoms with Crippen LogP contribution in [0.2, 0.25) is 0 Å². The average Bonchev–Trinajstić information content (AvgIpc) is 2.55. The van der Waals surface area contributed by atoms with Gasteiger partial charge in [-0.05, 0) is 48.7 Å². The second kappa shape index (κ2) is 7.21. The van der Waals surface area contributed by atoms with Crippen LogP contribution in [0.4, 0.5) is 10.1 Å². The zero-order valence-corrected chi connectivity index (χ0v) is 15.1. The summed E-state index contributed by atoms with van der Waals surface area (Å²) < 4.78 is 45.7. The quantitative estimate of drug-likeness (QED) is 0.784. The first-order valence-electron chi connectivity index (χ1n) is 7.77. The first kappa shape index (κ1) is 18.3. The molecule has 0 atom stereocenters. The summed E-state index contributed by atoms with van der Waals surface area (Å²) in [5, 5.41) is 0. The molecule has 2 rings (SSSR count). The standard InChI is InChI=1S/C18H22FNO3S/c1-5-20(15-8-6-14(7-9-15)13(2)3)24(21,22)16-10-11-18(23-4)17(19)12-16/h6-13H,5H2,1-4H3. The summed E-state index contributed by atoms with van der Waals surface area (Å²) in [5.41, 5.74) is 1.68. The molecule has 24 heavy (non-hydrogen) atoms. The van der Waals surface area contributed by atoms with Gasteiger partial charge in [-0.1, -0.05) is 26.0 Å². The Labute approximate surface area is 142 Å². The van der Waals surface area contributed by atoms with Crippen molar-refractivity contribution in [1.29, 1.82) is 0 Å². The fourth-order valence-electron chi connectivity index (χ4n) is 2.45. The Kier molecular flexibility index (Phi) is 5.49. The van der Waals surface area contributed by atoms with E-state index in [2.05, 4.69) is 13.8 Å². The molecule has 0 bridgehead atoms. The van der Waals surface area contributed by atoms with Crippen LogP contribution in [-0.4, -0.2) is 22.1 Å². The zero-order valence-electron chi connectivity index (χ0n) is 14.3. The summed E-state index contributed by atoms with van der Waals surface area (Å²) in [6.07, 6.45) is 0. The lowest BCUT2D eigenvalue weighted by molar-refractivity contribution is 0.385. The Morgan fingerprint density at radius 3 is 2.21 bits per heavy atom. The van der Waals surface area contributed by atoms with Crippen molar-refractivity contribution >= 4 is 15.7 Å². The number of anilines is 1. The molecule has 0 unspecified atom stereocenters. The molecule has 2 aromatic carbocycles. The number of sulfonamides is 1. The van der Waals surface area contributed by atoms with Gasteiger partial charge < -0.3 is 4.74 Å². The Balaban J connectivity index is 2.43. The van der Waals surface area contributed by atoms with Gasteiger partial charge in [-0.25, -0.2) is 12.8 Å². The Hall–Kier alpha value is -2.08. The molecule has 0 saturated heterocycles. The lowest BCUT2D eigenvalue weighted by Gasteiger charge is -2.23. The lowest BCUT2D eigenvalue weighted by atomic mass is 10.0. The maximum absolute atomic E-state index is 13.9. The van der Waals surface area contributed by atoms with E-state index in [0.29, 0.717) is 11.6 Å². The summed E-state index contributed by atoms with van der Waals surface area (Å²) in [6.45, 7) is 6.14. The van der Waals surface area contributed by atoms with Gasteiger partial charge in [0.15, 0.2) is 11.6 Å². The summed E-state index contributed by atoms with van der Waals surface area (Å²) in [7, 11) is -2.51. The molecule has 0 aromatic heterocycles. The van der Waals surface area contributed by atoms with Crippen molar-refractivity contribution in [2.45, 2.75) is 31.6 Å². The highest BCUT2D eigenvalue weighted by Gasteiger charge is 2.25. The number of methoxy groups -OCH3 is 1. The van der Waals surface area contributed by atoms with E-state index in [-0.39, 0.29) is 17.2 Å². The fraction of sp³-hybridized carbons (Fsp3) is 0.333. The highest BCUT2D eigenvalue weighted by atomic mass is 32.2. The summed E-state index contributed by atoms with van der Waals surface area (Å²) >= 11 is 0. The minimum atomic E-state index is -3.85. The molecule has 0 radical (unpaired) electrons. The second-order valence-electron chi connectivity index (χ2n) is 5.71. The lowest BCUT2D eigenvalue weighted by Crippen LogP contribution is -2.30. The summed E-state index contributed by atoms with van der Waals surface area (Å²) in [5.74, 6) is -0.329. The molecule has 0 fully saturated rings. The monoisotopic (exact) mass is 351 g/mol. The van der Waals surface area contributed by atoms with Crippen LogP contribution in [0, 0.1) is 5.82 Å². The molecule has 0 spiro atoms. The van der Waals surface area contributed by atoms with Gasteiger partial charge in [-0.15, -0.1) is 0 Å². The third-order valence-corrected chi connectivity index (χ3v) is 5.75. The highest BCUT2D eigenvalue weighted by Crippen LogP contribution is 2.28. The second-order valence-corrected chi connectivity index (χ2v) is 7.57. The zero-order chi connectivity index (χ0) is 17.9. The maximum atomic E-state index is 13.9. The van der Waals surface area contributed by atoms with Crippen molar-refractivity contribution < 1.29 is 17.5 Å². The predicted molar refractivity (Wildman–Crippen MR) is 93.7 cm³/mol. The van der Waals surface area contributed by atoms with Crippen LogP contribution in [0.5, 0.6) is 5.75 Å². The van der Waals surface area contributed by atoms with E-state index in [1.807, 2.05) is 12.1 Å².